The van der Waals surface area contributed by atoms with E-state index in [1.54, 1.807) is 17.7 Å². The largest absolute Gasteiger partial charge is 0.349 e. The molecule has 6 heteroatoms. The molecular weight excluding hydrogens is 309 g/mol. The number of carbonyl (C=O) groups is 2. The van der Waals surface area contributed by atoms with E-state index in [0.29, 0.717) is 0 Å². The van der Waals surface area contributed by atoms with E-state index in [0.717, 1.165) is 11.3 Å². The molecule has 0 bridgehead atoms. The second-order valence-corrected chi connectivity index (χ2v) is 6.08. The molecule has 0 spiro atoms. The lowest BCUT2D eigenvalue weighted by molar-refractivity contribution is -0.125. The molecule has 1 N–H and O–H groups in total. The average Bonchev–Trinajstić information content (AvgIpc) is 2.86. The number of nitrogens with zero attached hydrogens (tertiary/aromatic N) is 2. The van der Waals surface area contributed by atoms with Crippen LogP contribution in [0, 0.1) is 18.7 Å². The Morgan fingerprint density at radius 3 is 2.54 bits per heavy atom. The van der Waals surface area contributed by atoms with Gasteiger partial charge in [-0.15, -0.1) is 0 Å². The number of aryl methyl sites for hydroxylation is 2. The third-order valence-corrected chi connectivity index (χ3v) is 3.99. The number of hydrogen-bond acceptors (Lipinski definition) is 3. The number of ketones is 1. The van der Waals surface area contributed by atoms with Gasteiger partial charge in [0.25, 0.3) is 0 Å². The minimum Gasteiger partial charge on any atom is -0.349 e. The van der Waals surface area contributed by atoms with Gasteiger partial charge in [0.15, 0.2) is 5.78 Å². The van der Waals surface area contributed by atoms with Gasteiger partial charge in [-0.3, -0.25) is 14.3 Å². The van der Waals surface area contributed by atoms with E-state index in [1.165, 1.54) is 18.2 Å². The van der Waals surface area contributed by atoms with Crippen molar-refractivity contribution >= 4 is 11.7 Å². The summed E-state index contributed by atoms with van der Waals surface area (Å²) >= 11 is 0. The van der Waals surface area contributed by atoms with Crippen molar-refractivity contribution in [2.45, 2.75) is 33.2 Å². The summed E-state index contributed by atoms with van der Waals surface area (Å²) in [5.74, 6) is -1.72. The monoisotopic (exact) mass is 331 g/mol. The Morgan fingerprint density at radius 1 is 1.29 bits per heavy atom. The Labute approximate surface area is 140 Å². The van der Waals surface area contributed by atoms with Gasteiger partial charge in [0.1, 0.15) is 5.82 Å². The molecule has 0 aliphatic heterocycles. The summed E-state index contributed by atoms with van der Waals surface area (Å²) < 4.78 is 15.3. The minimum absolute atomic E-state index is 0.0216. The molecular formula is C18H22FN3O2. The highest BCUT2D eigenvalue weighted by Gasteiger charge is 2.22. The first-order chi connectivity index (χ1) is 11.3. The molecule has 0 unspecified atom stereocenters. The summed E-state index contributed by atoms with van der Waals surface area (Å²) in [4.78, 5) is 24.5. The summed E-state index contributed by atoms with van der Waals surface area (Å²) in [5.41, 5.74) is 1.80. The summed E-state index contributed by atoms with van der Waals surface area (Å²) in [5, 5.41) is 7.13. The second kappa shape index (κ2) is 7.38. The molecule has 0 aliphatic carbocycles. The Morgan fingerprint density at radius 2 is 1.96 bits per heavy atom. The molecule has 0 aliphatic rings. The molecule has 2 aromatic rings. The highest BCUT2D eigenvalue weighted by atomic mass is 19.1. The van der Waals surface area contributed by atoms with Crippen molar-refractivity contribution in [1.82, 2.24) is 15.1 Å². The average molecular weight is 331 g/mol. The lowest BCUT2D eigenvalue weighted by Gasteiger charge is -2.17. The van der Waals surface area contributed by atoms with E-state index in [4.69, 9.17) is 0 Å². The smallest absolute Gasteiger partial charge is 0.223 e. The number of aromatic nitrogens is 2. The molecule has 0 saturated heterocycles. The van der Waals surface area contributed by atoms with Crippen LogP contribution in [0.2, 0.25) is 0 Å². The van der Waals surface area contributed by atoms with Gasteiger partial charge < -0.3 is 5.32 Å². The van der Waals surface area contributed by atoms with Crippen LogP contribution >= 0.6 is 0 Å². The number of carbonyl (C=O) groups excluding carboxylic acids is 2. The van der Waals surface area contributed by atoms with Gasteiger partial charge in [0, 0.05) is 31.1 Å². The standard InChI is InChI=1S/C18H22FN3O2/c1-11(9-17(23)14-7-5-6-8-16(14)19)18(24)20-12(2)15-10-22(4)21-13(15)3/h5-8,10-12H,9H2,1-4H3,(H,20,24)/t11-,12+/m1/s1. The lowest BCUT2D eigenvalue weighted by atomic mass is 9.98. The topological polar surface area (TPSA) is 64.0 Å². The summed E-state index contributed by atoms with van der Waals surface area (Å²) in [6.45, 7) is 5.41. The molecule has 2 rings (SSSR count). The number of rotatable bonds is 6. The molecule has 24 heavy (non-hydrogen) atoms. The highest BCUT2D eigenvalue weighted by Crippen LogP contribution is 2.18. The number of Topliss-reactive ketones (excluding diaryl/α,β-unsaturated/α-hetero) is 1. The normalized spacial score (nSPS) is 13.4. The van der Waals surface area contributed by atoms with Crippen LogP contribution in [-0.2, 0) is 11.8 Å². The van der Waals surface area contributed by atoms with Crippen molar-refractivity contribution < 1.29 is 14.0 Å². The van der Waals surface area contributed by atoms with Crippen LogP contribution in [0.4, 0.5) is 4.39 Å². The fourth-order valence-corrected chi connectivity index (χ4v) is 2.64. The van der Waals surface area contributed by atoms with Crippen LogP contribution in [0.25, 0.3) is 0 Å². The van der Waals surface area contributed by atoms with E-state index in [2.05, 4.69) is 10.4 Å². The van der Waals surface area contributed by atoms with Crippen LogP contribution in [0.1, 0.15) is 47.9 Å². The zero-order valence-electron chi connectivity index (χ0n) is 14.3. The first-order valence-corrected chi connectivity index (χ1v) is 7.87. The molecule has 128 valence electrons. The van der Waals surface area contributed by atoms with Gasteiger partial charge in [-0.25, -0.2) is 4.39 Å². The van der Waals surface area contributed by atoms with E-state index < -0.39 is 11.7 Å². The van der Waals surface area contributed by atoms with Crippen molar-refractivity contribution in [3.63, 3.8) is 0 Å². The lowest BCUT2D eigenvalue weighted by Crippen LogP contribution is -2.32. The number of nitrogens with one attached hydrogen (secondary N) is 1. The summed E-state index contributed by atoms with van der Waals surface area (Å²) in [6.07, 6.45) is 1.82. The Bertz CT molecular complexity index is 754. The van der Waals surface area contributed by atoms with Gasteiger partial charge in [0.05, 0.1) is 17.3 Å². The van der Waals surface area contributed by atoms with Gasteiger partial charge in [-0.1, -0.05) is 19.1 Å². The molecule has 1 aromatic heterocycles. The van der Waals surface area contributed by atoms with Crippen LogP contribution in [0.3, 0.4) is 0 Å². The summed E-state index contributed by atoms with van der Waals surface area (Å²) in [7, 11) is 1.82. The maximum absolute atomic E-state index is 13.6. The van der Waals surface area contributed by atoms with Gasteiger partial charge in [0.2, 0.25) is 5.91 Å². The Balaban J connectivity index is 1.98. The number of hydrogen-bond donors (Lipinski definition) is 1. The molecule has 0 radical (unpaired) electrons. The fraction of sp³-hybridized carbons (Fsp3) is 0.389. The quantitative estimate of drug-likeness (QED) is 0.828. The zero-order chi connectivity index (χ0) is 17.9. The maximum Gasteiger partial charge on any atom is 0.223 e. The van der Waals surface area contributed by atoms with Gasteiger partial charge in [-0.05, 0) is 26.0 Å². The van der Waals surface area contributed by atoms with E-state index in [1.807, 2.05) is 27.1 Å². The zero-order valence-corrected chi connectivity index (χ0v) is 14.3. The third kappa shape index (κ3) is 4.07. The third-order valence-electron chi connectivity index (χ3n) is 3.99. The molecule has 0 fully saturated rings. The molecule has 5 nitrogen and oxygen atoms in total. The minimum atomic E-state index is -0.561. The Hall–Kier alpha value is -2.50. The van der Waals surface area contributed by atoms with E-state index in [-0.39, 0.29) is 29.7 Å². The number of halogens is 1. The maximum atomic E-state index is 13.6. The van der Waals surface area contributed by atoms with E-state index >= 15 is 0 Å². The van der Waals surface area contributed by atoms with Crippen LogP contribution < -0.4 is 5.32 Å². The number of amides is 1. The predicted octanol–water partition coefficient (Wildman–Crippen LogP) is 2.95. The number of benzene rings is 1. The van der Waals surface area contributed by atoms with Crippen LogP contribution in [-0.4, -0.2) is 21.5 Å². The second-order valence-electron chi connectivity index (χ2n) is 6.08. The van der Waals surface area contributed by atoms with Gasteiger partial charge >= 0.3 is 0 Å². The molecule has 1 aromatic carbocycles. The van der Waals surface area contributed by atoms with Crippen LogP contribution in [0.15, 0.2) is 30.5 Å². The SMILES string of the molecule is Cc1nn(C)cc1[C@H](C)NC(=O)[C@H](C)CC(=O)c1ccccc1F. The molecule has 2 atom stereocenters. The Kier molecular flexibility index (Phi) is 5.49. The van der Waals surface area contributed by atoms with Gasteiger partial charge in [-0.2, -0.15) is 5.10 Å². The van der Waals surface area contributed by atoms with Crippen molar-refractivity contribution in [3.8, 4) is 0 Å². The van der Waals surface area contributed by atoms with Crippen LogP contribution in [0.5, 0.6) is 0 Å². The van der Waals surface area contributed by atoms with Crippen molar-refractivity contribution in [3.05, 3.63) is 53.1 Å². The summed E-state index contributed by atoms with van der Waals surface area (Å²) in [6, 6.07) is 5.60. The fourth-order valence-electron chi connectivity index (χ4n) is 2.64. The van der Waals surface area contributed by atoms with E-state index in [9.17, 15) is 14.0 Å². The van der Waals surface area contributed by atoms with Crippen molar-refractivity contribution in [2.24, 2.45) is 13.0 Å². The molecule has 1 amide bonds. The van der Waals surface area contributed by atoms with Crippen molar-refractivity contribution in [2.75, 3.05) is 0 Å². The molecule has 0 saturated carbocycles. The van der Waals surface area contributed by atoms with Crippen molar-refractivity contribution in [1.29, 1.82) is 0 Å². The first-order valence-electron chi connectivity index (χ1n) is 7.87. The highest BCUT2D eigenvalue weighted by molar-refractivity contribution is 5.98. The first kappa shape index (κ1) is 17.8. The predicted molar refractivity (Wildman–Crippen MR) is 89.0 cm³/mol. The molecule has 1 heterocycles.